The van der Waals surface area contributed by atoms with Gasteiger partial charge in [0, 0.05) is 4.68 Å². The van der Waals surface area contributed by atoms with Crippen molar-refractivity contribution >= 4 is 29.0 Å². The molecule has 0 radical (unpaired) electrons. The lowest BCUT2D eigenvalue weighted by Gasteiger charge is -1.99. The van der Waals surface area contributed by atoms with E-state index >= 15 is 0 Å². The van der Waals surface area contributed by atoms with Crippen LogP contribution in [0, 0.1) is 40.5 Å². The molecule has 0 aliphatic rings. The molecule has 0 aliphatic heterocycles. The van der Waals surface area contributed by atoms with E-state index in [1.807, 2.05) is 0 Å². The van der Waals surface area contributed by atoms with Gasteiger partial charge >= 0.3 is 23.1 Å². The molecule has 0 fully saturated rings. The summed E-state index contributed by atoms with van der Waals surface area (Å²) >= 11 is 0. The maximum atomic E-state index is 11.0. The summed E-state index contributed by atoms with van der Waals surface area (Å²) in [5.41, 5.74) is 3.06. The molecule has 0 amide bonds. The molecule has 17 heteroatoms. The standard InChI is InChI=1S/C6H2N9O8/c7-1-3(12(16)17)10-11(6(1)15(22)23)2-4(13(18)19)8-9-5(2)14(20)21/h7H2/q-1. The molecular formula is C6H2N9O8-. The van der Waals surface area contributed by atoms with E-state index < -0.39 is 54.3 Å². The molecule has 0 saturated carbocycles. The molecule has 2 aromatic heterocycles. The van der Waals surface area contributed by atoms with E-state index in [1.165, 1.54) is 0 Å². The van der Waals surface area contributed by atoms with Crippen molar-refractivity contribution in [3.05, 3.63) is 40.5 Å². The highest BCUT2D eigenvalue weighted by Crippen LogP contribution is 2.38. The van der Waals surface area contributed by atoms with Gasteiger partial charge in [-0.2, -0.15) is 4.92 Å². The molecule has 0 aliphatic carbocycles. The number of nitrogens with zero attached hydrogens (tertiary/aromatic N) is 8. The van der Waals surface area contributed by atoms with Crippen LogP contribution in [-0.2, 0) is 0 Å². The fraction of sp³-hybridized carbons (Fsp3) is 0. The fourth-order valence-electron chi connectivity index (χ4n) is 1.60. The van der Waals surface area contributed by atoms with Gasteiger partial charge in [-0.3, -0.25) is 0 Å². The van der Waals surface area contributed by atoms with Gasteiger partial charge in [-0.15, -0.1) is 0 Å². The zero-order valence-electron chi connectivity index (χ0n) is 10.4. The molecule has 0 aromatic carbocycles. The van der Waals surface area contributed by atoms with E-state index in [0.717, 1.165) is 0 Å². The number of nitrogens with two attached hydrogens (primary N) is 1. The second-order valence-corrected chi connectivity index (χ2v) is 3.70. The second kappa shape index (κ2) is 4.98. The average molecular weight is 328 g/mol. The summed E-state index contributed by atoms with van der Waals surface area (Å²) in [4.78, 5) is 38.6. The van der Waals surface area contributed by atoms with Gasteiger partial charge in [-0.05, 0) is 19.9 Å². The second-order valence-electron chi connectivity index (χ2n) is 3.70. The minimum atomic E-state index is -1.27. The number of hydrogen-bond acceptors (Lipinski definition) is 11. The molecule has 0 spiro atoms. The molecule has 17 nitrogen and oxygen atoms in total. The summed E-state index contributed by atoms with van der Waals surface area (Å²) in [7, 11) is 0. The van der Waals surface area contributed by atoms with E-state index in [-0.39, 0.29) is 4.68 Å². The van der Waals surface area contributed by atoms with Crippen LogP contribution in [0.5, 0.6) is 0 Å². The highest BCUT2D eigenvalue weighted by atomic mass is 16.6. The Bertz CT molecular complexity index is 832. The molecular weight excluding hydrogens is 326 g/mol. The molecule has 2 N–H and O–H groups in total. The molecule has 2 rings (SSSR count). The normalized spacial score (nSPS) is 10.4. The van der Waals surface area contributed by atoms with Gasteiger partial charge in [0.15, 0.2) is 5.10 Å². The van der Waals surface area contributed by atoms with Gasteiger partial charge in [0.25, 0.3) is 5.82 Å². The van der Waals surface area contributed by atoms with Crippen molar-refractivity contribution in [1.29, 1.82) is 0 Å². The van der Waals surface area contributed by atoms with Crippen LogP contribution in [0.1, 0.15) is 0 Å². The number of nitro groups is 4. The van der Waals surface area contributed by atoms with E-state index in [2.05, 4.69) is 15.3 Å². The van der Waals surface area contributed by atoms with Crippen molar-refractivity contribution in [2.45, 2.75) is 0 Å². The summed E-state index contributed by atoms with van der Waals surface area (Å²) in [6.45, 7) is 0. The number of aromatic nitrogens is 4. The Labute approximate surface area is 121 Å². The first kappa shape index (κ1) is 15.2. The molecule has 0 saturated heterocycles. The van der Waals surface area contributed by atoms with E-state index in [4.69, 9.17) is 5.73 Å². The summed E-state index contributed by atoms with van der Waals surface area (Å²) in [5.74, 6) is -4.98. The average Bonchev–Trinajstić information content (AvgIpc) is 2.98. The van der Waals surface area contributed by atoms with Crippen molar-refractivity contribution in [2.24, 2.45) is 0 Å². The van der Waals surface area contributed by atoms with Crippen molar-refractivity contribution < 1.29 is 19.7 Å². The van der Waals surface area contributed by atoms with Crippen molar-refractivity contribution in [3.63, 3.8) is 0 Å². The smallest absolute Gasteiger partial charge is 0.446 e. The zero-order valence-corrected chi connectivity index (χ0v) is 10.4. The number of nitrogen functional groups attached to an aromatic ring is 1. The zero-order chi connectivity index (χ0) is 17.5. The van der Waals surface area contributed by atoms with Gasteiger partial charge in [0.05, 0.1) is 5.10 Å². The monoisotopic (exact) mass is 328 g/mol. The third kappa shape index (κ3) is 2.22. The summed E-state index contributed by atoms with van der Waals surface area (Å²) < 4.78 is -0.0102. The molecule has 2 aromatic rings. The van der Waals surface area contributed by atoms with Crippen molar-refractivity contribution in [3.8, 4) is 5.69 Å². The number of anilines is 1. The van der Waals surface area contributed by atoms with Crippen LogP contribution in [0.2, 0.25) is 0 Å². The first-order valence-corrected chi connectivity index (χ1v) is 5.16. The summed E-state index contributed by atoms with van der Waals surface area (Å²) in [6.07, 6.45) is 0. The Morgan fingerprint density at radius 2 is 1.48 bits per heavy atom. The van der Waals surface area contributed by atoms with Gasteiger partial charge in [-0.1, -0.05) is 0 Å². The van der Waals surface area contributed by atoms with Crippen LogP contribution >= 0.6 is 0 Å². The Morgan fingerprint density at radius 1 is 0.913 bits per heavy atom. The Kier molecular flexibility index (Phi) is 3.29. The molecule has 0 atom stereocenters. The maximum absolute atomic E-state index is 11.0. The lowest BCUT2D eigenvalue weighted by atomic mass is 10.4. The predicted molar refractivity (Wildman–Crippen MR) is 65.7 cm³/mol. The van der Waals surface area contributed by atoms with Crippen molar-refractivity contribution in [1.82, 2.24) is 20.0 Å². The van der Waals surface area contributed by atoms with Crippen LogP contribution < -0.4 is 10.8 Å². The lowest BCUT2D eigenvalue weighted by Crippen LogP contribution is -2.07. The maximum Gasteiger partial charge on any atom is 0.446 e. The highest BCUT2D eigenvalue weighted by molar-refractivity contribution is 5.71. The molecule has 2 heterocycles. The van der Waals surface area contributed by atoms with Crippen LogP contribution in [0.3, 0.4) is 0 Å². The summed E-state index contributed by atoms with van der Waals surface area (Å²) in [5, 5.41) is 52.4. The van der Waals surface area contributed by atoms with Crippen LogP contribution in [0.4, 0.5) is 29.0 Å². The molecule has 23 heavy (non-hydrogen) atoms. The summed E-state index contributed by atoms with van der Waals surface area (Å²) in [6, 6.07) is 0. The van der Waals surface area contributed by atoms with E-state index in [1.54, 1.807) is 0 Å². The highest BCUT2D eigenvalue weighted by Gasteiger charge is 2.44. The first-order valence-electron chi connectivity index (χ1n) is 5.16. The number of hydrogen-bond donors (Lipinski definition) is 1. The SMILES string of the molecule is Nc1c([N+](=O)[O-])nn(-c2c([N+](=O)[O-])n[n-]c2[N+](=O)[O-])c1[N+](=O)[O-]. The van der Waals surface area contributed by atoms with Gasteiger partial charge in [0.1, 0.15) is 0 Å². The van der Waals surface area contributed by atoms with Crippen LogP contribution in [-0.4, -0.2) is 34.6 Å². The largest absolute Gasteiger partial charge is 0.459 e. The molecule has 120 valence electrons. The quantitative estimate of drug-likeness (QED) is 0.535. The molecule has 0 bridgehead atoms. The minimum Gasteiger partial charge on any atom is -0.459 e. The first-order chi connectivity index (χ1) is 10.7. The topological polar surface area (TPSA) is 243 Å². The Hall–Kier alpha value is -4.18. The third-order valence-electron chi connectivity index (χ3n) is 2.44. The van der Waals surface area contributed by atoms with Gasteiger partial charge < -0.3 is 46.2 Å². The van der Waals surface area contributed by atoms with Gasteiger partial charge in [0.2, 0.25) is 5.69 Å². The van der Waals surface area contributed by atoms with Gasteiger partial charge in [-0.25, -0.2) is 0 Å². The fourth-order valence-corrected chi connectivity index (χ4v) is 1.60. The molecule has 0 unspecified atom stereocenters. The lowest BCUT2D eigenvalue weighted by molar-refractivity contribution is -0.398. The minimum absolute atomic E-state index is 0.0102. The predicted octanol–water partition coefficient (Wildman–Crippen LogP) is -0.560. The third-order valence-corrected chi connectivity index (χ3v) is 2.44. The van der Waals surface area contributed by atoms with E-state index in [0.29, 0.717) is 0 Å². The number of rotatable bonds is 5. The Morgan fingerprint density at radius 3 is 1.91 bits per heavy atom. The van der Waals surface area contributed by atoms with E-state index in [9.17, 15) is 40.5 Å². The van der Waals surface area contributed by atoms with Crippen LogP contribution in [0.25, 0.3) is 5.69 Å². The Balaban J connectivity index is 2.92. The van der Waals surface area contributed by atoms with Crippen LogP contribution in [0.15, 0.2) is 0 Å². The van der Waals surface area contributed by atoms with Crippen molar-refractivity contribution in [2.75, 3.05) is 5.73 Å².